The molecule has 19 heavy (non-hydrogen) atoms. The van der Waals surface area contributed by atoms with Gasteiger partial charge in [-0.05, 0) is 40.2 Å². The van der Waals surface area contributed by atoms with Crippen LogP contribution >= 0.6 is 0 Å². The Morgan fingerprint density at radius 3 is 2.26 bits per heavy atom. The molecule has 1 aliphatic heterocycles. The molecule has 0 unspecified atom stereocenters. The van der Waals surface area contributed by atoms with Gasteiger partial charge in [0, 0.05) is 18.2 Å². The van der Waals surface area contributed by atoms with Gasteiger partial charge in [0.05, 0.1) is 11.2 Å². The number of hydrogen-bond acceptors (Lipinski definition) is 4. The van der Waals surface area contributed by atoms with E-state index in [9.17, 15) is 0 Å². The predicted molar refractivity (Wildman–Crippen MR) is 78.7 cm³/mol. The van der Waals surface area contributed by atoms with Crippen LogP contribution in [0.3, 0.4) is 0 Å². The number of nitrogens with zero attached hydrogens (tertiary/aromatic N) is 1. The SMILES string of the molecule is CCCNc1ccc(B2OC(C)(C)C(C)(C)O2)cn1. The molecule has 2 rings (SSSR count). The molecular formula is C14H23BN2O2. The third kappa shape index (κ3) is 2.93. The van der Waals surface area contributed by atoms with Crippen LogP contribution in [-0.4, -0.2) is 29.8 Å². The van der Waals surface area contributed by atoms with Gasteiger partial charge in [0.1, 0.15) is 5.82 Å². The molecule has 1 aliphatic rings. The molecule has 0 aromatic carbocycles. The van der Waals surface area contributed by atoms with Crippen molar-refractivity contribution in [1.29, 1.82) is 0 Å². The summed E-state index contributed by atoms with van der Waals surface area (Å²) >= 11 is 0. The third-order valence-corrected chi connectivity index (χ3v) is 3.87. The van der Waals surface area contributed by atoms with Crippen LogP contribution in [0.25, 0.3) is 0 Å². The summed E-state index contributed by atoms with van der Waals surface area (Å²) in [5.41, 5.74) is 0.342. The van der Waals surface area contributed by atoms with Crippen LogP contribution in [0.4, 0.5) is 5.82 Å². The van der Waals surface area contributed by atoms with E-state index in [1.807, 2.05) is 18.3 Å². The minimum Gasteiger partial charge on any atom is -0.399 e. The van der Waals surface area contributed by atoms with Crippen molar-refractivity contribution in [1.82, 2.24) is 4.98 Å². The number of rotatable bonds is 4. The molecule has 0 aliphatic carbocycles. The maximum Gasteiger partial charge on any atom is 0.496 e. The fourth-order valence-corrected chi connectivity index (χ4v) is 1.88. The van der Waals surface area contributed by atoms with E-state index in [1.165, 1.54) is 0 Å². The van der Waals surface area contributed by atoms with Crippen molar-refractivity contribution in [2.24, 2.45) is 0 Å². The zero-order valence-corrected chi connectivity index (χ0v) is 12.5. The Labute approximate surface area is 116 Å². The molecule has 1 fully saturated rings. The van der Waals surface area contributed by atoms with E-state index in [-0.39, 0.29) is 18.3 Å². The molecule has 0 bridgehead atoms. The van der Waals surface area contributed by atoms with Gasteiger partial charge in [-0.25, -0.2) is 4.98 Å². The first-order valence-corrected chi connectivity index (χ1v) is 6.91. The van der Waals surface area contributed by atoms with Crippen molar-refractivity contribution in [3.8, 4) is 0 Å². The lowest BCUT2D eigenvalue weighted by Crippen LogP contribution is -2.41. The predicted octanol–water partition coefficient (Wildman–Crippen LogP) is 2.20. The number of pyridine rings is 1. The Morgan fingerprint density at radius 1 is 1.16 bits per heavy atom. The molecular weight excluding hydrogens is 239 g/mol. The van der Waals surface area contributed by atoms with Crippen LogP contribution in [-0.2, 0) is 9.31 Å². The summed E-state index contributed by atoms with van der Waals surface area (Å²) in [5.74, 6) is 0.891. The summed E-state index contributed by atoms with van der Waals surface area (Å²) in [6.07, 6.45) is 2.90. The second-order valence-corrected chi connectivity index (χ2v) is 5.99. The van der Waals surface area contributed by atoms with E-state index in [0.29, 0.717) is 0 Å². The highest BCUT2D eigenvalue weighted by atomic mass is 16.7. The van der Waals surface area contributed by atoms with Crippen molar-refractivity contribution >= 4 is 18.4 Å². The van der Waals surface area contributed by atoms with Crippen LogP contribution < -0.4 is 10.8 Å². The second kappa shape index (κ2) is 5.14. The fraction of sp³-hybridized carbons (Fsp3) is 0.643. The Morgan fingerprint density at radius 2 is 1.79 bits per heavy atom. The Hall–Kier alpha value is -1.07. The zero-order chi connectivity index (χ0) is 14.1. The third-order valence-electron chi connectivity index (χ3n) is 3.87. The van der Waals surface area contributed by atoms with Crippen LogP contribution in [0.2, 0.25) is 0 Å². The highest BCUT2D eigenvalue weighted by Crippen LogP contribution is 2.36. The molecule has 0 spiro atoms. The van der Waals surface area contributed by atoms with Crippen molar-refractivity contribution in [3.05, 3.63) is 18.3 Å². The van der Waals surface area contributed by atoms with Crippen molar-refractivity contribution in [3.63, 3.8) is 0 Å². The standard InChI is InChI=1S/C14H23BN2O2/c1-6-9-16-12-8-7-11(10-17-12)15-18-13(2,3)14(4,5)19-15/h7-8,10H,6,9H2,1-5H3,(H,16,17). The first-order valence-electron chi connectivity index (χ1n) is 6.91. The van der Waals surface area contributed by atoms with Crippen LogP contribution in [0, 0.1) is 0 Å². The van der Waals surface area contributed by atoms with Gasteiger partial charge in [0.25, 0.3) is 0 Å². The Bertz CT molecular complexity index is 416. The fourth-order valence-electron chi connectivity index (χ4n) is 1.88. The number of nitrogens with one attached hydrogen (secondary N) is 1. The minimum atomic E-state index is -0.335. The number of anilines is 1. The highest BCUT2D eigenvalue weighted by molar-refractivity contribution is 6.62. The highest BCUT2D eigenvalue weighted by Gasteiger charge is 2.51. The van der Waals surface area contributed by atoms with Gasteiger partial charge in [-0.3, -0.25) is 0 Å². The average Bonchev–Trinajstić information content (AvgIpc) is 2.56. The number of aromatic nitrogens is 1. The van der Waals surface area contributed by atoms with Gasteiger partial charge in [-0.1, -0.05) is 13.0 Å². The van der Waals surface area contributed by atoms with E-state index in [0.717, 1.165) is 24.2 Å². The van der Waals surface area contributed by atoms with Crippen LogP contribution in [0.15, 0.2) is 18.3 Å². The summed E-state index contributed by atoms with van der Waals surface area (Å²) in [7, 11) is -0.335. The summed E-state index contributed by atoms with van der Waals surface area (Å²) in [6, 6.07) is 3.98. The molecule has 0 atom stereocenters. The lowest BCUT2D eigenvalue weighted by Gasteiger charge is -2.32. The van der Waals surface area contributed by atoms with Gasteiger partial charge >= 0.3 is 7.12 Å². The first-order chi connectivity index (χ1) is 8.86. The molecule has 1 saturated heterocycles. The molecule has 0 saturated carbocycles. The van der Waals surface area contributed by atoms with Crippen molar-refractivity contribution in [2.45, 2.75) is 52.2 Å². The normalized spacial score (nSPS) is 20.6. The van der Waals surface area contributed by atoms with E-state index < -0.39 is 0 Å². The van der Waals surface area contributed by atoms with Gasteiger partial charge in [-0.15, -0.1) is 0 Å². The van der Waals surface area contributed by atoms with Gasteiger partial charge < -0.3 is 14.6 Å². The Kier molecular flexibility index (Phi) is 3.88. The molecule has 0 radical (unpaired) electrons. The van der Waals surface area contributed by atoms with E-state index in [4.69, 9.17) is 9.31 Å². The van der Waals surface area contributed by atoms with Crippen molar-refractivity contribution < 1.29 is 9.31 Å². The minimum absolute atomic E-state index is 0.309. The molecule has 2 heterocycles. The molecule has 1 N–H and O–H groups in total. The molecule has 1 aromatic heterocycles. The van der Waals surface area contributed by atoms with Gasteiger partial charge in [-0.2, -0.15) is 0 Å². The summed E-state index contributed by atoms with van der Waals surface area (Å²) < 4.78 is 12.0. The summed E-state index contributed by atoms with van der Waals surface area (Å²) in [5, 5.41) is 3.25. The maximum atomic E-state index is 5.99. The average molecular weight is 262 g/mol. The quantitative estimate of drug-likeness (QED) is 0.845. The van der Waals surface area contributed by atoms with E-state index >= 15 is 0 Å². The zero-order valence-electron chi connectivity index (χ0n) is 12.5. The van der Waals surface area contributed by atoms with Crippen LogP contribution in [0.1, 0.15) is 41.0 Å². The molecule has 0 amide bonds. The van der Waals surface area contributed by atoms with Crippen LogP contribution in [0.5, 0.6) is 0 Å². The largest absolute Gasteiger partial charge is 0.496 e. The monoisotopic (exact) mass is 262 g/mol. The lowest BCUT2D eigenvalue weighted by molar-refractivity contribution is 0.00578. The lowest BCUT2D eigenvalue weighted by atomic mass is 9.80. The molecule has 5 heteroatoms. The van der Waals surface area contributed by atoms with E-state index in [2.05, 4.69) is 44.9 Å². The van der Waals surface area contributed by atoms with Crippen molar-refractivity contribution in [2.75, 3.05) is 11.9 Å². The molecule has 104 valence electrons. The second-order valence-electron chi connectivity index (χ2n) is 5.99. The smallest absolute Gasteiger partial charge is 0.399 e. The molecule has 4 nitrogen and oxygen atoms in total. The summed E-state index contributed by atoms with van der Waals surface area (Å²) in [6.45, 7) is 11.3. The van der Waals surface area contributed by atoms with Gasteiger partial charge in [0.15, 0.2) is 0 Å². The maximum absolute atomic E-state index is 5.99. The summed E-state index contributed by atoms with van der Waals surface area (Å²) in [4.78, 5) is 4.39. The topological polar surface area (TPSA) is 43.4 Å². The van der Waals surface area contributed by atoms with Gasteiger partial charge in [0.2, 0.25) is 0 Å². The molecule has 1 aromatic rings. The Balaban J connectivity index is 2.08. The van der Waals surface area contributed by atoms with E-state index in [1.54, 1.807) is 0 Å². The number of hydrogen-bond donors (Lipinski definition) is 1. The first kappa shape index (κ1) is 14.3.